The van der Waals surface area contributed by atoms with E-state index in [-0.39, 0.29) is 0 Å². The fraction of sp³-hybridized carbons (Fsp3) is 0.917. The van der Waals surface area contributed by atoms with E-state index in [1.807, 2.05) is 15.7 Å². The van der Waals surface area contributed by atoms with Crippen LogP contribution in [0.3, 0.4) is 0 Å². The van der Waals surface area contributed by atoms with Crippen molar-refractivity contribution in [2.75, 3.05) is 0 Å². The Balaban J connectivity index is 2.28. The molecule has 16 heavy (non-hydrogen) atoms. The first-order valence-corrected chi connectivity index (χ1v) is 6.37. The molecule has 92 valence electrons. The highest BCUT2D eigenvalue weighted by Gasteiger charge is 2.08. The summed E-state index contributed by atoms with van der Waals surface area (Å²) < 4.78 is 3.89. The summed E-state index contributed by atoms with van der Waals surface area (Å²) in [5.74, 6) is 1.50. The van der Waals surface area contributed by atoms with Gasteiger partial charge >= 0.3 is 0 Å². The van der Waals surface area contributed by atoms with E-state index in [9.17, 15) is 0 Å². The second-order valence-electron chi connectivity index (χ2n) is 5.34. The number of aromatic nitrogens is 4. The first-order valence-electron chi connectivity index (χ1n) is 6.37. The molecule has 0 amide bonds. The van der Waals surface area contributed by atoms with E-state index in [0.29, 0.717) is 0 Å². The van der Waals surface area contributed by atoms with Crippen molar-refractivity contribution in [3.63, 3.8) is 0 Å². The lowest BCUT2D eigenvalue weighted by Crippen LogP contribution is -2.35. The Morgan fingerprint density at radius 2 is 1.81 bits per heavy atom. The number of tetrazole rings is 1. The zero-order valence-corrected chi connectivity index (χ0v) is 11.1. The van der Waals surface area contributed by atoms with Crippen molar-refractivity contribution in [2.24, 2.45) is 11.8 Å². The number of nitrogens with zero attached hydrogens (tertiary/aromatic N) is 4. The topological polar surface area (TPSA) is 34.6 Å². The summed E-state index contributed by atoms with van der Waals surface area (Å²) in [6, 6.07) is 0. The number of hydrogen-bond donors (Lipinski definition) is 0. The molecule has 0 saturated carbocycles. The molecule has 0 spiro atoms. The fourth-order valence-electron chi connectivity index (χ4n) is 1.56. The summed E-state index contributed by atoms with van der Waals surface area (Å²) in [5, 5.41) is 8.24. The van der Waals surface area contributed by atoms with E-state index in [0.717, 1.165) is 31.3 Å². The average Bonchev–Trinajstić information content (AvgIpc) is 2.62. The Morgan fingerprint density at radius 3 is 2.44 bits per heavy atom. The standard InChI is InChI=1S/C12H25N4/c1-11(2)6-5-8-15-10-16(14-13-15)9-7-12(3)4/h10-12H,5-9H2,1-4H3/q+1. The largest absolute Gasteiger partial charge is 0.244 e. The molecule has 4 nitrogen and oxygen atoms in total. The van der Waals surface area contributed by atoms with Crippen LogP contribution >= 0.6 is 0 Å². The molecular weight excluding hydrogens is 200 g/mol. The van der Waals surface area contributed by atoms with Crippen LogP contribution in [0.25, 0.3) is 0 Å². The van der Waals surface area contributed by atoms with Crippen molar-refractivity contribution < 1.29 is 4.68 Å². The van der Waals surface area contributed by atoms with Gasteiger partial charge in [-0.2, -0.15) is 0 Å². The lowest BCUT2D eigenvalue weighted by molar-refractivity contribution is -0.755. The van der Waals surface area contributed by atoms with Gasteiger partial charge < -0.3 is 0 Å². The van der Waals surface area contributed by atoms with Crippen molar-refractivity contribution in [3.8, 4) is 0 Å². The Bertz CT molecular complexity index is 291. The molecule has 4 heteroatoms. The lowest BCUT2D eigenvalue weighted by Gasteiger charge is -2.00. The summed E-state index contributed by atoms with van der Waals surface area (Å²) in [6.07, 6.45) is 5.62. The van der Waals surface area contributed by atoms with E-state index in [1.54, 1.807) is 0 Å². The molecule has 1 rings (SSSR count). The van der Waals surface area contributed by atoms with Gasteiger partial charge in [-0.05, 0) is 31.1 Å². The van der Waals surface area contributed by atoms with Gasteiger partial charge in [0.25, 0.3) is 0 Å². The van der Waals surface area contributed by atoms with Gasteiger partial charge in [-0.3, -0.25) is 0 Å². The van der Waals surface area contributed by atoms with E-state index in [1.165, 1.54) is 12.8 Å². The van der Waals surface area contributed by atoms with Gasteiger partial charge in [-0.25, -0.2) is 0 Å². The predicted molar refractivity (Wildman–Crippen MR) is 63.7 cm³/mol. The first kappa shape index (κ1) is 13.1. The fourth-order valence-corrected chi connectivity index (χ4v) is 1.56. The highest BCUT2D eigenvalue weighted by Crippen LogP contribution is 2.02. The first-order chi connectivity index (χ1) is 7.58. The van der Waals surface area contributed by atoms with Gasteiger partial charge in [0.15, 0.2) is 5.21 Å². The Morgan fingerprint density at radius 1 is 1.12 bits per heavy atom. The molecule has 0 aliphatic rings. The van der Waals surface area contributed by atoms with E-state index in [2.05, 4.69) is 38.1 Å². The van der Waals surface area contributed by atoms with Crippen molar-refractivity contribution in [3.05, 3.63) is 6.33 Å². The zero-order valence-electron chi connectivity index (χ0n) is 11.1. The maximum absolute atomic E-state index is 4.12. The summed E-state index contributed by atoms with van der Waals surface area (Å²) in [7, 11) is 0. The highest BCUT2D eigenvalue weighted by molar-refractivity contribution is 4.47. The van der Waals surface area contributed by atoms with Crippen molar-refractivity contribution >= 4 is 0 Å². The van der Waals surface area contributed by atoms with Crippen LogP contribution in [0.15, 0.2) is 6.33 Å². The molecule has 0 fully saturated rings. The number of hydrogen-bond acceptors (Lipinski definition) is 2. The van der Waals surface area contributed by atoms with Crippen LogP contribution in [0.2, 0.25) is 0 Å². The van der Waals surface area contributed by atoms with Crippen molar-refractivity contribution in [2.45, 2.75) is 60.0 Å². The van der Waals surface area contributed by atoms with Gasteiger partial charge in [-0.15, -0.1) is 4.68 Å². The molecule has 0 aliphatic heterocycles. The molecule has 1 aromatic heterocycles. The van der Waals surface area contributed by atoms with Gasteiger partial charge in [0.2, 0.25) is 6.33 Å². The zero-order chi connectivity index (χ0) is 12.0. The van der Waals surface area contributed by atoms with Gasteiger partial charge in [0.05, 0.1) is 6.54 Å². The Kier molecular flexibility index (Phi) is 5.43. The van der Waals surface area contributed by atoms with Crippen LogP contribution < -0.4 is 4.68 Å². The molecule has 0 saturated heterocycles. The van der Waals surface area contributed by atoms with Crippen LogP contribution in [-0.4, -0.2) is 15.1 Å². The molecule has 0 bridgehead atoms. The molecule has 0 unspecified atom stereocenters. The Labute approximate surface area is 98.6 Å². The third kappa shape index (κ3) is 5.24. The second-order valence-corrected chi connectivity index (χ2v) is 5.34. The minimum atomic E-state index is 0.721. The summed E-state index contributed by atoms with van der Waals surface area (Å²) in [4.78, 5) is 0. The van der Waals surface area contributed by atoms with Crippen molar-refractivity contribution in [1.82, 2.24) is 15.1 Å². The molecule has 0 N–H and O–H groups in total. The quantitative estimate of drug-likeness (QED) is 0.666. The molecular formula is C12H25N4+. The van der Waals surface area contributed by atoms with Crippen LogP contribution in [0, 0.1) is 11.8 Å². The molecule has 0 radical (unpaired) electrons. The second kappa shape index (κ2) is 6.61. The molecule has 1 heterocycles. The maximum atomic E-state index is 4.12. The third-order valence-corrected chi connectivity index (χ3v) is 2.64. The van der Waals surface area contributed by atoms with Gasteiger partial charge in [0.1, 0.15) is 11.8 Å². The molecule has 0 atom stereocenters. The highest BCUT2D eigenvalue weighted by atomic mass is 15.6. The molecule has 0 aromatic carbocycles. The lowest BCUT2D eigenvalue weighted by atomic mass is 10.1. The number of rotatable bonds is 7. The van der Waals surface area contributed by atoms with Crippen LogP contribution in [0.4, 0.5) is 0 Å². The predicted octanol–water partition coefficient (Wildman–Crippen LogP) is 2.05. The third-order valence-electron chi connectivity index (χ3n) is 2.64. The van der Waals surface area contributed by atoms with E-state index < -0.39 is 0 Å². The monoisotopic (exact) mass is 225 g/mol. The summed E-state index contributed by atoms with van der Waals surface area (Å²) in [5.41, 5.74) is 0. The average molecular weight is 225 g/mol. The van der Waals surface area contributed by atoms with E-state index in [4.69, 9.17) is 0 Å². The summed E-state index contributed by atoms with van der Waals surface area (Å²) >= 11 is 0. The minimum absolute atomic E-state index is 0.721. The minimum Gasteiger partial charge on any atom is -0.140 e. The van der Waals surface area contributed by atoms with Crippen LogP contribution in [0.5, 0.6) is 0 Å². The maximum Gasteiger partial charge on any atom is 0.244 e. The number of aryl methyl sites for hydroxylation is 2. The van der Waals surface area contributed by atoms with Gasteiger partial charge in [0, 0.05) is 0 Å². The van der Waals surface area contributed by atoms with E-state index >= 15 is 0 Å². The van der Waals surface area contributed by atoms with Gasteiger partial charge in [-0.1, -0.05) is 32.4 Å². The smallest absolute Gasteiger partial charge is 0.140 e. The van der Waals surface area contributed by atoms with Crippen molar-refractivity contribution in [1.29, 1.82) is 0 Å². The van der Waals surface area contributed by atoms with Crippen LogP contribution in [0.1, 0.15) is 47.0 Å². The SMILES string of the molecule is CC(C)CCC[n+]1cn(CCC(C)C)nn1. The molecule has 1 aromatic rings. The summed E-state index contributed by atoms with van der Waals surface area (Å²) in [6.45, 7) is 10.9. The normalized spacial score (nSPS) is 11.6. The molecule has 0 aliphatic carbocycles. The Hall–Kier alpha value is -0.930. The van der Waals surface area contributed by atoms with Crippen LogP contribution in [-0.2, 0) is 13.1 Å².